The zero-order chi connectivity index (χ0) is 17.3. The predicted octanol–water partition coefficient (Wildman–Crippen LogP) is 3.94. The smallest absolute Gasteiger partial charge is 0.197 e. The van der Waals surface area contributed by atoms with Crippen molar-refractivity contribution in [3.05, 3.63) is 52.7 Å². The van der Waals surface area contributed by atoms with Gasteiger partial charge in [-0.15, -0.1) is 0 Å². The van der Waals surface area contributed by atoms with E-state index in [0.717, 1.165) is 5.56 Å². The van der Waals surface area contributed by atoms with E-state index >= 15 is 0 Å². The van der Waals surface area contributed by atoms with E-state index < -0.39 is 0 Å². The molecule has 3 rings (SSSR count). The van der Waals surface area contributed by atoms with Crippen LogP contribution in [0.1, 0.15) is 13.8 Å². The standard InChI is InChI=1S/C19H19NO4/c1-11(2)10-20-18-14(22)9-16-17(19(18)23)13(21)8-15(24-16)12-6-4-3-5-7-12/h3-9,11,20,22-23H,10H2,1-2H3. The summed E-state index contributed by atoms with van der Waals surface area (Å²) in [7, 11) is 0. The second-order valence-corrected chi connectivity index (χ2v) is 6.11. The van der Waals surface area contributed by atoms with Crippen molar-refractivity contribution < 1.29 is 14.6 Å². The average Bonchev–Trinajstić information content (AvgIpc) is 2.54. The van der Waals surface area contributed by atoms with Gasteiger partial charge in [-0.2, -0.15) is 0 Å². The minimum Gasteiger partial charge on any atom is -0.505 e. The van der Waals surface area contributed by atoms with E-state index in [0.29, 0.717) is 18.2 Å². The lowest BCUT2D eigenvalue weighted by atomic mass is 10.1. The first-order valence-corrected chi connectivity index (χ1v) is 7.79. The Morgan fingerprint density at radius 3 is 2.50 bits per heavy atom. The fourth-order valence-electron chi connectivity index (χ4n) is 2.51. The molecule has 5 heteroatoms. The number of phenols is 2. The van der Waals surface area contributed by atoms with Crippen LogP contribution < -0.4 is 10.7 Å². The molecule has 0 saturated heterocycles. The predicted molar refractivity (Wildman–Crippen MR) is 94.6 cm³/mol. The fourth-order valence-corrected chi connectivity index (χ4v) is 2.51. The molecule has 124 valence electrons. The van der Waals surface area contributed by atoms with Gasteiger partial charge in [-0.1, -0.05) is 44.2 Å². The van der Waals surface area contributed by atoms with Gasteiger partial charge < -0.3 is 19.9 Å². The zero-order valence-corrected chi connectivity index (χ0v) is 13.5. The first-order valence-electron chi connectivity index (χ1n) is 7.79. The summed E-state index contributed by atoms with van der Waals surface area (Å²) in [6.45, 7) is 4.56. The van der Waals surface area contributed by atoms with Gasteiger partial charge in [0, 0.05) is 24.2 Å². The Morgan fingerprint density at radius 1 is 1.12 bits per heavy atom. The number of hydrogen-bond donors (Lipinski definition) is 3. The van der Waals surface area contributed by atoms with Crippen LogP contribution in [0, 0.1) is 5.92 Å². The van der Waals surface area contributed by atoms with Gasteiger partial charge in [0.15, 0.2) is 11.2 Å². The van der Waals surface area contributed by atoms with E-state index in [2.05, 4.69) is 5.32 Å². The van der Waals surface area contributed by atoms with Crippen LogP contribution in [-0.4, -0.2) is 16.8 Å². The van der Waals surface area contributed by atoms with Gasteiger partial charge in [-0.05, 0) is 5.92 Å². The minimum atomic E-state index is -0.361. The number of rotatable bonds is 4. The summed E-state index contributed by atoms with van der Waals surface area (Å²) in [5.74, 6) is 0.249. The molecule has 5 nitrogen and oxygen atoms in total. The van der Waals surface area contributed by atoms with Gasteiger partial charge in [-0.3, -0.25) is 4.79 Å². The van der Waals surface area contributed by atoms with Crippen LogP contribution in [0.3, 0.4) is 0 Å². The highest BCUT2D eigenvalue weighted by Crippen LogP contribution is 2.39. The molecule has 0 saturated carbocycles. The summed E-state index contributed by atoms with van der Waals surface area (Å²) < 4.78 is 5.72. The SMILES string of the molecule is CC(C)CNc1c(O)cc2oc(-c3ccccc3)cc(=O)c2c1O. The number of fused-ring (bicyclic) bond motifs is 1. The van der Waals surface area contributed by atoms with E-state index in [9.17, 15) is 15.0 Å². The average molecular weight is 325 g/mol. The van der Waals surface area contributed by atoms with Crippen molar-refractivity contribution >= 4 is 16.7 Å². The molecule has 24 heavy (non-hydrogen) atoms. The van der Waals surface area contributed by atoms with Gasteiger partial charge in [0.25, 0.3) is 0 Å². The number of phenolic OH excluding ortho intramolecular Hbond substituents is 2. The molecule has 1 heterocycles. The Labute approximate surface area is 139 Å². The Bertz CT molecular complexity index is 929. The summed E-state index contributed by atoms with van der Waals surface area (Å²) in [6, 6.07) is 11.9. The third-order valence-corrected chi connectivity index (χ3v) is 3.72. The van der Waals surface area contributed by atoms with E-state index in [1.54, 1.807) is 0 Å². The van der Waals surface area contributed by atoms with Crippen LogP contribution in [0.25, 0.3) is 22.3 Å². The van der Waals surface area contributed by atoms with Gasteiger partial charge in [0.2, 0.25) is 0 Å². The lowest BCUT2D eigenvalue weighted by Gasteiger charge is -2.14. The Morgan fingerprint density at radius 2 is 1.83 bits per heavy atom. The minimum absolute atomic E-state index is 0.0544. The van der Waals surface area contributed by atoms with Crippen molar-refractivity contribution in [3.8, 4) is 22.8 Å². The topological polar surface area (TPSA) is 82.7 Å². The maximum atomic E-state index is 12.5. The van der Waals surface area contributed by atoms with E-state index in [1.807, 2.05) is 44.2 Å². The number of nitrogens with one attached hydrogen (secondary N) is 1. The molecule has 0 amide bonds. The van der Waals surface area contributed by atoms with Crippen molar-refractivity contribution in [1.29, 1.82) is 0 Å². The summed E-state index contributed by atoms with van der Waals surface area (Å²) in [5.41, 5.74) is 0.681. The van der Waals surface area contributed by atoms with Gasteiger partial charge in [0.1, 0.15) is 28.2 Å². The Hall–Kier alpha value is -2.95. The van der Waals surface area contributed by atoms with Crippen molar-refractivity contribution in [3.63, 3.8) is 0 Å². The van der Waals surface area contributed by atoms with Crippen LogP contribution in [-0.2, 0) is 0 Å². The lowest BCUT2D eigenvalue weighted by Crippen LogP contribution is -2.09. The van der Waals surface area contributed by atoms with Gasteiger partial charge in [0.05, 0.1) is 0 Å². The molecular formula is C19H19NO4. The largest absolute Gasteiger partial charge is 0.505 e. The number of hydrogen-bond acceptors (Lipinski definition) is 5. The summed E-state index contributed by atoms with van der Waals surface area (Å²) >= 11 is 0. The molecule has 0 spiro atoms. The van der Waals surface area contributed by atoms with Crippen molar-refractivity contribution in [2.24, 2.45) is 5.92 Å². The molecule has 0 fully saturated rings. The highest BCUT2D eigenvalue weighted by molar-refractivity contribution is 5.93. The molecule has 0 aliphatic rings. The third kappa shape index (κ3) is 2.93. The highest BCUT2D eigenvalue weighted by Gasteiger charge is 2.18. The number of benzene rings is 2. The molecule has 0 aliphatic heterocycles. The second kappa shape index (κ2) is 6.28. The molecule has 2 aromatic carbocycles. The van der Waals surface area contributed by atoms with E-state index in [1.165, 1.54) is 12.1 Å². The van der Waals surface area contributed by atoms with Crippen LogP contribution in [0.2, 0.25) is 0 Å². The molecule has 0 radical (unpaired) electrons. The molecule has 3 aromatic rings. The summed E-state index contributed by atoms with van der Waals surface area (Å²) in [5, 5.41) is 23.6. The Balaban J connectivity index is 2.17. The lowest BCUT2D eigenvalue weighted by molar-refractivity contribution is 0.455. The first-order chi connectivity index (χ1) is 11.5. The third-order valence-electron chi connectivity index (χ3n) is 3.72. The fraction of sp³-hybridized carbons (Fsp3) is 0.211. The summed E-state index contributed by atoms with van der Waals surface area (Å²) in [6.07, 6.45) is 0. The molecule has 1 aromatic heterocycles. The van der Waals surface area contributed by atoms with Crippen molar-refractivity contribution in [2.75, 3.05) is 11.9 Å². The monoisotopic (exact) mass is 325 g/mol. The molecule has 0 bridgehead atoms. The maximum absolute atomic E-state index is 12.5. The number of anilines is 1. The highest BCUT2D eigenvalue weighted by atomic mass is 16.3. The van der Waals surface area contributed by atoms with Crippen LogP contribution >= 0.6 is 0 Å². The van der Waals surface area contributed by atoms with E-state index in [4.69, 9.17) is 4.42 Å². The first kappa shape index (κ1) is 15.9. The second-order valence-electron chi connectivity index (χ2n) is 6.11. The van der Waals surface area contributed by atoms with Crippen LogP contribution in [0.5, 0.6) is 11.5 Å². The normalized spacial score (nSPS) is 11.1. The molecule has 0 aliphatic carbocycles. The van der Waals surface area contributed by atoms with Crippen LogP contribution in [0.4, 0.5) is 5.69 Å². The van der Waals surface area contributed by atoms with Crippen LogP contribution in [0.15, 0.2) is 51.7 Å². The van der Waals surface area contributed by atoms with E-state index in [-0.39, 0.29) is 33.6 Å². The van der Waals surface area contributed by atoms with Gasteiger partial charge >= 0.3 is 0 Å². The molecule has 0 atom stereocenters. The number of aromatic hydroxyl groups is 2. The van der Waals surface area contributed by atoms with Gasteiger partial charge in [-0.25, -0.2) is 0 Å². The summed E-state index contributed by atoms with van der Waals surface area (Å²) in [4.78, 5) is 12.5. The zero-order valence-electron chi connectivity index (χ0n) is 13.5. The molecule has 3 N–H and O–H groups in total. The van der Waals surface area contributed by atoms with Crippen molar-refractivity contribution in [2.45, 2.75) is 13.8 Å². The maximum Gasteiger partial charge on any atom is 0.197 e. The van der Waals surface area contributed by atoms with Crippen molar-refractivity contribution in [1.82, 2.24) is 0 Å². The molecule has 0 unspecified atom stereocenters. The molecular weight excluding hydrogens is 306 g/mol. The Kier molecular flexibility index (Phi) is 4.16. The quantitative estimate of drug-likeness (QED) is 0.633.